The van der Waals surface area contributed by atoms with Gasteiger partial charge in [-0.3, -0.25) is 0 Å². The number of carboxylic acids is 1. The zero-order chi connectivity index (χ0) is 22.2. The van der Waals surface area contributed by atoms with Crippen molar-refractivity contribution in [3.8, 4) is 22.6 Å². The van der Waals surface area contributed by atoms with Crippen molar-refractivity contribution >= 4 is 17.6 Å². The van der Waals surface area contributed by atoms with Gasteiger partial charge >= 0.3 is 11.9 Å². The van der Waals surface area contributed by atoms with Crippen LogP contribution in [-0.2, 0) is 4.79 Å². The molecule has 3 atom stereocenters. The summed E-state index contributed by atoms with van der Waals surface area (Å²) in [7, 11) is 0. The van der Waals surface area contributed by atoms with E-state index in [0.29, 0.717) is 23.4 Å². The van der Waals surface area contributed by atoms with Crippen molar-refractivity contribution in [2.45, 2.75) is 18.4 Å². The average Bonchev–Trinajstić information content (AvgIpc) is 3.29. The maximum atomic E-state index is 13.0. The molecule has 0 saturated heterocycles. The normalized spacial score (nSPS) is 20.7. The number of phenolic OH excluding ortho intramolecular Hbond substituents is 1. The smallest absolute Gasteiger partial charge is 0.345 e. The van der Waals surface area contributed by atoms with Crippen LogP contribution in [-0.4, -0.2) is 28.2 Å². The van der Waals surface area contributed by atoms with Gasteiger partial charge in [0.05, 0.1) is 11.3 Å². The number of esters is 1. The lowest BCUT2D eigenvalue weighted by atomic mass is 9.78. The maximum absolute atomic E-state index is 13.0. The number of carboxylic acid groups (broad SMARTS) is 1. The number of hydrogen-bond donors (Lipinski definition) is 3. The van der Waals surface area contributed by atoms with Crippen LogP contribution in [0.3, 0.4) is 0 Å². The molecule has 2 aliphatic rings. The van der Waals surface area contributed by atoms with Gasteiger partial charge in [-0.1, -0.05) is 48.6 Å². The van der Waals surface area contributed by atoms with Crippen LogP contribution in [0.1, 0.15) is 28.3 Å². The predicted octanol–water partition coefficient (Wildman–Crippen LogP) is 4.82. The number of para-hydroxylation sites is 1. The van der Waals surface area contributed by atoms with Crippen LogP contribution in [0.5, 0.6) is 11.5 Å². The van der Waals surface area contributed by atoms with Gasteiger partial charge in [0.1, 0.15) is 17.5 Å². The van der Waals surface area contributed by atoms with Crippen LogP contribution in [0.2, 0.25) is 0 Å². The minimum absolute atomic E-state index is 0.0373. The zero-order valence-corrected chi connectivity index (χ0v) is 17.1. The molecule has 0 bridgehead atoms. The summed E-state index contributed by atoms with van der Waals surface area (Å²) in [5.41, 5.74) is 3.61. The first kappa shape index (κ1) is 19.9. The van der Waals surface area contributed by atoms with Gasteiger partial charge in [-0.15, -0.1) is 0 Å². The van der Waals surface area contributed by atoms with Crippen molar-refractivity contribution in [2.24, 2.45) is 5.92 Å². The molecule has 32 heavy (non-hydrogen) atoms. The average molecular weight is 427 g/mol. The van der Waals surface area contributed by atoms with Crippen LogP contribution in [0, 0.1) is 5.92 Å². The molecule has 0 saturated carbocycles. The number of benzene rings is 3. The summed E-state index contributed by atoms with van der Waals surface area (Å²) in [6, 6.07) is 18.5. The molecule has 0 spiro atoms. The number of anilines is 1. The third-order valence-electron chi connectivity index (χ3n) is 6.15. The van der Waals surface area contributed by atoms with Crippen LogP contribution < -0.4 is 10.1 Å². The van der Waals surface area contributed by atoms with Gasteiger partial charge in [-0.2, -0.15) is 0 Å². The van der Waals surface area contributed by atoms with E-state index in [1.165, 1.54) is 0 Å². The molecule has 6 heteroatoms. The highest BCUT2D eigenvalue weighted by molar-refractivity contribution is 5.99. The van der Waals surface area contributed by atoms with Crippen molar-refractivity contribution < 1.29 is 24.5 Å². The summed E-state index contributed by atoms with van der Waals surface area (Å²) in [5, 5.41) is 22.2. The van der Waals surface area contributed by atoms with Crippen LogP contribution in [0.15, 0.2) is 78.9 Å². The Bertz CT molecular complexity index is 1210. The van der Waals surface area contributed by atoms with Crippen molar-refractivity contribution in [3.63, 3.8) is 0 Å². The molecule has 3 aromatic rings. The monoisotopic (exact) mass is 427 g/mol. The molecule has 0 fully saturated rings. The second-order valence-electron chi connectivity index (χ2n) is 8.04. The number of nitrogens with one attached hydrogen (secondary N) is 1. The van der Waals surface area contributed by atoms with Gasteiger partial charge < -0.3 is 20.3 Å². The Morgan fingerprint density at radius 3 is 2.31 bits per heavy atom. The Labute approximate surface area is 184 Å². The van der Waals surface area contributed by atoms with Gasteiger partial charge in [-0.05, 0) is 53.4 Å². The van der Waals surface area contributed by atoms with E-state index in [2.05, 4.69) is 5.32 Å². The summed E-state index contributed by atoms with van der Waals surface area (Å²) in [5.74, 6) is -0.995. The molecule has 3 unspecified atom stereocenters. The Kier molecular flexibility index (Phi) is 4.90. The number of ether oxygens (including phenoxy) is 1. The van der Waals surface area contributed by atoms with Crippen molar-refractivity contribution in [3.05, 3.63) is 90.0 Å². The lowest BCUT2D eigenvalue weighted by Crippen LogP contribution is -2.42. The number of carbonyl (C=O) groups is 2. The highest BCUT2D eigenvalue weighted by atomic mass is 16.5. The molecule has 1 heterocycles. The van der Waals surface area contributed by atoms with Crippen molar-refractivity contribution in [1.82, 2.24) is 0 Å². The second kappa shape index (κ2) is 7.89. The molecule has 1 aliphatic carbocycles. The van der Waals surface area contributed by atoms with E-state index < -0.39 is 18.0 Å². The lowest BCUT2D eigenvalue weighted by molar-refractivity contribution is -0.139. The molecule has 0 radical (unpaired) electrons. The number of fused-ring (bicyclic) bond motifs is 3. The maximum Gasteiger partial charge on any atom is 0.345 e. The van der Waals surface area contributed by atoms with Crippen LogP contribution >= 0.6 is 0 Å². The summed E-state index contributed by atoms with van der Waals surface area (Å²) in [6.07, 6.45) is 4.72. The number of aliphatic carboxylic acids is 1. The molecule has 1 aliphatic heterocycles. The van der Waals surface area contributed by atoms with Crippen LogP contribution in [0.25, 0.3) is 11.1 Å². The summed E-state index contributed by atoms with van der Waals surface area (Å²) in [6.45, 7) is 0. The molecular weight excluding hydrogens is 406 g/mol. The van der Waals surface area contributed by atoms with E-state index in [0.717, 1.165) is 16.7 Å². The molecule has 3 N–H and O–H groups in total. The zero-order valence-electron chi connectivity index (χ0n) is 17.1. The van der Waals surface area contributed by atoms with Gasteiger partial charge in [0.25, 0.3) is 0 Å². The Balaban J connectivity index is 1.40. The number of allylic oxidation sites excluding steroid dienone is 2. The van der Waals surface area contributed by atoms with Crippen LogP contribution in [0.4, 0.5) is 5.69 Å². The van der Waals surface area contributed by atoms with Gasteiger partial charge in [0.2, 0.25) is 0 Å². The molecule has 6 nitrogen and oxygen atoms in total. The fraction of sp³-hybridized carbons (Fsp3) is 0.154. The molecule has 3 aromatic carbocycles. The standard InChI is InChI=1S/C26H21NO5/c28-17-11-7-15(8-12-17)16-9-13-18(14-10-16)32-26(31)22-6-2-4-20-19-3-1-5-21(19)24(25(29)30)27-23(20)22/h1-4,6-14,19,21,24,27-28H,5H2,(H,29,30). The fourth-order valence-electron chi connectivity index (χ4n) is 4.57. The summed E-state index contributed by atoms with van der Waals surface area (Å²) >= 11 is 0. The largest absolute Gasteiger partial charge is 0.508 e. The molecule has 5 rings (SSSR count). The summed E-state index contributed by atoms with van der Waals surface area (Å²) < 4.78 is 5.60. The number of rotatable bonds is 4. The second-order valence-corrected chi connectivity index (χ2v) is 8.04. The van der Waals surface area contributed by atoms with Crippen molar-refractivity contribution in [1.29, 1.82) is 0 Å². The van der Waals surface area contributed by atoms with E-state index in [4.69, 9.17) is 4.74 Å². The molecule has 160 valence electrons. The lowest BCUT2D eigenvalue weighted by Gasteiger charge is -2.35. The quantitative estimate of drug-likeness (QED) is 0.314. The first-order valence-electron chi connectivity index (χ1n) is 10.4. The van der Waals surface area contributed by atoms with E-state index in [1.54, 1.807) is 36.4 Å². The third-order valence-corrected chi connectivity index (χ3v) is 6.15. The topological polar surface area (TPSA) is 95.9 Å². The van der Waals surface area contributed by atoms with Crippen molar-refractivity contribution in [2.75, 3.05) is 5.32 Å². The Morgan fingerprint density at radius 2 is 1.62 bits per heavy atom. The number of aromatic hydroxyl groups is 1. The fourth-order valence-corrected chi connectivity index (χ4v) is 4.57. The predicted molar refractivity (Wildman–Crippen MR) is 120 cm³/mol. The highest BCUT2D eigenvalue weighted by Crippen LogP contribution is 2.45. The number of phenols is 1. The minimum atomic E-state index is -0.928. The highest BCUT2D eigenvalue weighted by Gasteiger charge is 2.42. The first-order chi connectivity index (χ1) is 15.5. The van der Waals surface area contributed by atoms with Gasteiger partial charge in [0.15, 0.2) is 0 Å². The number of hydrogen-bond acceptors (Lipinski definition) is 5. The third kappa shape index (κ3) is 3.50. The Hall–Kier alpha value is -4.06. The van der Waals surface area contributed by atoms with E-state index >= 15 is 0 Å². The van der Waals surface area contributed by atoms with E-state index in [-0.39, 0.29) is 17.6 Å². The summed E-state index contributed by atoms with van der Waals surface area (Å²) in [4.78, 5) is 24.8. The minimum Gasteiger partial charge on any atom is -0.508 e. The SMILES string of the molecule is O=C(Oc1ccc(-c2ccc(O)cc2)cc1)c1cccc2c1NC(C(=O)O)C1CC=CC21. The van der Waals surface area contributed by atoms with E-state index in [9.17, 15) is 19.8 Å². The molecule has 0 aromatic heterocycles. The van der Waals surface area contributed by atoms with Gasteiger partial charge in [-0.25, -0.2) is 9.59 Å². The Morgan fingerprint density at radius 1 is 0.938 bits per heavy atom. The molecule has 0 amide bonds. The number of carbonyl (C=O) groups excluding carboxylic acids is 1. The first-order valence-corrected chi connectivity index (χ1v) is 10.4. The van der Waals surface area contributed by atoms with Gasteiger partial charge in [0, 0.05) is 11.8 Å². The molecular formula is C26H21NO5. The van der Waals surface area contributed by atoms with E-state index in [1.807, 2.05) is 42.5 Å².